The third-order valence-corrected chi connectivity index (χ3v) is 7.85. The van der Waals surface area contributed by atoms with Crippen LogP contribution in [-0.4, -0.2) is 64.7 Å². The van der Waals surface area contributed by atoms with Crippen LogP contribution in [0, 0.1) is 12.3 Å². The second-order valence-corrected chi connectivity index (χ2v) is 12.3. The molecule has 1 saturated heterocycles. The maximum absolute atomic E-state index is 11.5. The van der Waals surface area contributed by atoms with Crippen molar-refractivity contribution in [1.29, 1.82) is 0 Å². The van der Waals surface area contributed by atoms with Crippen LogP contribution in [0.2, 0.25) is 0 Å². The Bertz CT molecular complexity index is 1040. The van der Waals surface area contributed by atoms with Crippen molar-refractivity contribution in [1.82, 2.24) is 9.80 Å². The maximum atomic E-state index is 11.5. The molecule has 0 amide bonds. The highest BCUT2D eigenvalue weighted by Gasteiger charge is 2.33. The lowest BCUT2D eigenvalue weighted by Gasteiger charge is -2.38. The Kier molecular flexibility index (Phi) is 8.04. The van der Waals surface area contributed by atoms with Crippen LogP contribution >= 0.6 is 35.5 Å². The average Bonchev–Trinajstić information content (AvgIpc) is 3.02. The molecule has 4 rings (SSSR count). The lowest BCUT2D eigenvalue weighted by Crippen LogP contribution is -2.51. The molecule has 6 nitrogen and oxygen atoms in total. The van der Waals surface area contributed by atoms with Gasteiger partial charge in [0.05, 0.1) is 15.2 Å². The van der Waals surface area contributed by atoms with Crippen molar-refractivity contribution in [2.45, 2.75) is 44.1 Å². The standard InChI is InChI=1S/C24H31N3O3S2.ClH/c1-15(2)31-20-13-17-21(25-18-7-6-16(3)12-19(18)30-22(17)32-20)27-10-8-26(9-11-27)14-24(4,5)23(28)29;/h6-7,12-13,15H,8-11,14H2,1-5H3,(H,28,29);1H. The second kappa shape index (κ2) is 10.3. The van der Waals surface area contributed by atoms with E-state index in [1.54, 1.807) is 25.2 Å². The van der Waals surface area contributed by atoms with Gasteiger partial charge in [-0.1, -0.05) is 31.3 Å². The van der Waals surface area contributed by atoms with E-state index in [1.807, 2.05) is 23.9 Å². The molecular formula is C24H32ClN3O3S2. The molecule has 0 saturated carbocycles. The van der Waals surface area contributed by atoms with Gasteiger partial charge in [-0.15, -0.1) is 24.2 Å². The van der Waals surface area contributed by atoms with Gasteiger partial charge >= 0.3 is 5.97 Å². The molecule has 33 heavy (non-hydrogen) atoms. The predicted octanol–water partition coefficient (Wildman–Crippen LogP) is 5.89. The van der Waals surface area contributed by atoms with Gasteiger partial charge in [-0.25, -0.2) is 4.99 Å². The zero-order valence-corrected chi connectivity index (χ0v) is 22.2. The van der Waals surface area contributed by atoms with Crippen molar-refractivity contribution in [2.75, 3.05) is 32.7 Å². The number of halogens is 1. The third-order valence-electron chi connectivity index (χ3n) is 5.68. The first-order valence-corrected chi connectivity index (χ1v) is 12.7. The van der Waals surface area contributed by atoms with Crippen LogP contribution in [0.1, 0.15) is 38.8 Å². The Hall–Kier alpha value is -1.74. The van der Waals surface area contributed by atoms with Crippen LogP contribution in [0.15, 0.2) is 33.5 Å². The monoisotopic (exact) mass is 509 g/mol. The molecule has 9 heteroatoms. The van der Waals surface area contributed by atoms with Gasteiger partial charge in [0.2, 0.25) is 0 Å². The summed E-state index contributed by atoms with van der Waals surface area (Å²) in [6.07, 6.45) is 0. The highest BCUT2D eigenvalue weighted by atomic mass is 35.5. The summed E-state index contributed by atoms with van der Waals surface area (Å²) in [5, 5.41) is 10.9. The van der Waals surface area contributed by atoms with Crippen molar-refractivity contribution < 1.29 is 14.6 Å². The van der Waals surface area contributed by atoms with E-state index < -0.39 is 11.4 Å². The number of thiophene rings is 1. The number of piperazine rings is 1. The highest BCUT2D eigenvalue weighted by Crippen LogP contribution is 2.46. The smallest absolute Gasteiger partial charge is 0.310 e. The summed E-state index contributed by atoms with van der Waals surface area (Å²) in [4.78, 5) is 21.2. The van der Waals surface area contributed by atoms with E-state index in [0.717, 1.165) is 59.6 Å². The van der Waals surface area contributed by atoms with Crippen molar-refractivity contribution in [2.24, 2.45) is 10.4 Å². The number of aryl methyl sites for hydroxylation is 1. The SMILES string of the molecule is Cc1ccc2c(c1)Oc1sc(SC(C)C)cc1C(N1CCN(CC(C)(C)C(=O)O)CC1)=N2.Cl. The molecule has 1 N–H and O–H groups in total. The molecule has 2 aromatic rings. The molecule has 0 spiro atoms. The molecule has 3 heterocycles. The Morgan fingerprint density at radius 3 is 2.58 bits per heavy atom. The van der Waals surface area contributed by atoms with E-state index in [-0.39, 0.29) is 12.4 Å². The summed E-state index contributed by atoms with van der Waals surface area (Å²) in [7, 11) is 0. The first-order chi connectivity index (χ1) is 15.1. The number of hydrogen-bond acceptors (Lipinski definition) is 7. The first kappa shape index (κ1) is 25.9. The number of benzene rings is 1. The van der Waals surface area contributed by atoms with Crippen LogP contribution in [0.25, 0.3) is 0 Å². The average molecular weight is 510 g/mol. The van der Waals surface area contributed by atoms with E-state index in [4.69, 9.17) is 9.73 Å². The number of rotatable bonds is 5. The largest absolute Gasteiger partial charge is 0.481 e. The van der Waals surface area contributed by atoms with Crippen molar-refractivity contribution >= 4 is 53.0 Å². The van der Waals surface area contributed by atoms with Crippen molar-refractivity contribution in [3.63, 3.8) is 0 Å². The van der Waals surface area contributed by atoms with Crippen LogP contribution in [0.3, 0.4) is 0 Å². The molecule has 2 aliphatic rings. The minimum absolute atomic E-state index is 0. The molecule has 0 atom stereocenters. The van der Waals surface area contributed by atoms with Gasteiger partial charge in [-0.05, 0) is 44.5 Å². The lowest BCUT2D eigenvalue weighted by atomic mass is 9.93. The highest BCUT2D eigenvalue weighted by molar-refractivity contribution is 8.01. The summed E-state index contributed by atoms with van der Waals surface area (Å²) in [6.45, 7) is 13.8. The first-order valence-electron chi connectivity index (χ1n) is 11.0. The zero-order valence-electron chi connectivity index (χ0n) is 19.8. The van der Waals surface area contributed by atoms with Gasteiger partial charge in [-0.3, -0.25) is 9.69 Å². The Labute approximate surface area is 210 Å². The number of aliphatic carboxylic acids is 1. The van der Waals surface area contributed by atoms with E-state index in [2.05, 4.69) is 42.7 Å². The molecule has 0 aliphatic carbocycles. The summed E-state index contributed by atoms with van der Waals surface area (Å²) in [5.41, 5.74) is 2.29. The van der Waals surface area contributed by atoms with Crippen LogP contribution in [0.5, 0.6) is 10.8 Å². The Balaban J connectivity index is 0.00000306. The van der Waals surface area contributed by atoms with Crippen LogP contribution < -0.4 is 4.74 Å². The van der Waals surface area contributed by atoms with Crippen molar-refractivity contribution in [3.05, 3.63) is 35.4 Å². The maximum Gasteiger partial charge on any atom is 0.310 e. The number of ether oxygens (including phenoxy) is 1. The number of hydrogen-bond donors (Lipinski definition) is 1. The second-order valence-electron chi connectivity index (χ2n) is 9.39. The van der Waals surface area contributed by atoms with Gasteiger partial charge in [0, 0.05) is 38.0 Å². The quantitative estimate of drug-likeness (QED) is 0.507. The van der Waals surface area contributed by atoms with E-state index in [0.29, 0.717) is 11.8 Å². The summed E-state index contributed by atoms with van der Waals surface area (Å²) < 4.78 is 7.60. The fraction of sp³-hybridized carbons (Fsp3) is 0.500. The lowest BCUT2D eigenvalue weighted by molar-refractivity contribution is -0.148. The van der Waals surface area contributed by atoms with Crippen LogP contribution in [-0.2, 0) is 4.79 Å². The number of amidine groups is 1. The van der Waals surface area contributed by atoms with Crippen molar-refractivity contribution in [3.8, 4) is 10.8 Å². The predicted molar refractivity (Wildman–Crippen MR) is 139 cm³/mol. The molecule has 0 bridgehead atoms. The summed E-state index contributed by atoms with van der Waals surface area (Å²) in [6, 6.07) is 8.35. The van der Waals surface area contributed by atoms with E-state index >= 15 is 0 Å². The number of carbonyl (C=O) groups is 1. The van der Waals surface area contributed by atoms with Gasteiger partial charge in [0.15, 0.2) is 10.8 Å². The Morgan fingerprint density at radius 2 is 1.94 bits per heavy atom. The summed E-state index contributed by atoms with van der Waals surface area (Å²) >= 11 is 3.53. The van der Waals surface area contributed by atoms with Gasteiger partial charge < -0.3 is 14.7 Å². The number of fused-ring (bicyclic) bond motifs is 2. The molecule has 1 fully saturated rings. The number of carboxylic acid groups (broad SMARTS) is 1. The molecule has 1 aromatic carbocycles. The normalized spacial score (nSPS) is 16.3. The molecule has 0 unspecified atom stereocenters. The number of carboxylic acids is 1. The van der Waals surface area contributed by atoms with Gasteiger partial charge in [0.25, 0.3) is 0 Å². The van der Waals surface area contributed by atoms with Gasteiger partial charge in [0.1, 0.15) is 11.5 Å². The number of aliphatic imine (C=N–C) groups is 1. The third kappa shape index (κ3) is 5.85. The Morgan fingerprint density at radius 1 is 1.24 bits per heavy atom. The minimum Gasteiger partial charge on any atom is -0.481 e. The van der Waals surface area contributed by atoms with Crippen LogP contribution in [0.4, 0.5) is 5.69 Å². The topological polar surface area (TPSA) is 65.4 Å². The van der Waals surface area contributed by atoms with Gasteiger partial charge in [-0.2, -0.15) is 0 Å². The zero-order chi connectivity index (χ0) is 23.0. The molecular weight excluding hydrogens is 478 g/mol. The summed E-state index contributed by atoms with van der Waals surface area (Å²) in [5.74, 6) is 0.993. The molecule has 1 aromatic heterocycles. The number of nitrogens with zero attached hydrogens (tertiary/aromatic N) is 3. The number of thioether (sulfide) groups is 1. The fourth-order valence-corrected chi connectivity index (χ4v) is 6.33. The molecule has 0 radical (unpaired) electrons. The molecule has 2 aliphatic heterocycles. The minimum atomic E-state index is -0.754. The fourth-order valence-electron chi connectivity index (χ4n) is 3.93. The molecule has 180 valence electrons. The van der Waals surface area contributed by atoms with E-state index in [1.165, 1.54) is 4.21 Å². The van der Waals surface area contributed by atoms with E-state index in [9.17, 15) is 9.90 Å².